The molecule has 0 spiro atoms. The first-order valence-electron chi connectivity index (χ1n) is 5.92. The number of carbonyl (C=O) groups excluding carboxylic acids is 1. The second kappa shape index (κ2) is 5.28. The lowest BCUT2D eigenvalue weighted by Gasteiger charge is -2.33. The minimum absolute atomic E-state index is 0.248. The molecule has 1 atom stereocenters. The molecule has 98 valence electrons. The Bertz CT molecular complexity index is 476. The van der Waals surface area contributed by atoms with Crippen LogP contribution < -0.4 is 10.5 Å². The van der Waals surface area contributed by atoms with Crippen LogP contribution in [0.1, 0.15) is 18.1 Å². The zero-order valence-electron chi connectivity index (χ0n) is 10.6. The Morgan fingerprint density at radius 3 is 2.83 bits per heavy atom. The second-order valence-corrected chi connectivity index (χ2v) is 5.36. The molecule has 1 aromatic rings. The molecule has 1 amide bonds. The van der Waals surface area contributed by atoms with E-state index in [2.05, 4.69) is 20.8 Å². The Morgan fingerprint density at radius 1 is 1.50 bits per heavy atom. The van der Waals surface area contributed by atoms with E-state index in [-0.39, 0.29) is 11.9 Å². The number of nitrogens with zero attached hydrogens (tertiary/aromatic N) is 1. The van der Waals surface area contributed by atoms with Gasteiger partial charge in [-0.3, -0.25) is 9.69 Å². The predicted octanol–water partition coefficient (Wildman–Crippen LogP) is 1.69. The van der Waals surface area contributed by atoms with Gasteiger partial charge in [0, 0.05) is 23.1 Å². The lowest BCUT2D eigenvalue weighted by Crippen LogP contribution is -2.45. The highest BCUT2D eigenvalue weighted by Gasteiger charge is 2.26. The highest BCUT2D eigenvalue weighted by molar-refractivity contribution is 9.10. The van der Waals surface area contributed by atoms with Crippen LogP contribution >= 0.6 is 15.9 Å². The molecule has 2 rings (SSSR count). The summed E-state index contributed by atoms with van der Waals surface area (Å²) in [6.07, 6.45) is 0.894. The number of halogens is 1. The molecule has 0 fully saturated rings. The fraction of sp³-hybridized carbons (Fsp3) is 0.462. The van der Waals surface area contributed by atoms with Crippen LogP contribution in [0.25, 0.3) is 0 Å². The van der Waals surface area contributed by atoms with Gasteiger partial charge < -0.3 is 10.5 Å². The van der Waals surface area contributed by atoms with E-state index in [9.17, 15) is 4.79 Å². The van der Waals surface area contributed by atoms with Crippen molar-refractivity contribution in [3.63, 3.8) is 0 Å². The highest BCUT2D eigenvalue weighted by atomic mass is 79.9. The van der Waals surface area contributed by atoms with E-state index < -0.39 is 0 Å². The Morgan fingerprint density at radius 2 is 2.22 bits per heavy atom. The third kappa shape index (κ3) is 2.37. The summed E-state index contributed by atoms with van der Waals surface area (Å²) < 4.78 is 6.49. The molecule has 0 bridgehead atoms. The molecule has 0 radical (unpaired) electrons. The minimum Gasteiger partial charge on any atom is -0.496 e. The molecular formula is C13H17BrN2O2. The van der Waals surface area contributed by atoms with Crippen LogP contribution in [0.15, 0.2) is 16.6 Å². The number of nitrogens with two attached hydrogens (primary N) is 1. The van der Waals surface area contributed by atoms with Gasteiger partial charge in [0.15, 0.2) is 0 Å². The standard InChI is InChI=1S/C13H17BrN2O2/c1-8(13(15)17)16-6-5-9-10(7-16)12(18-2)4-3-11(9)14/h3-4,8H,5-7H2,1-2H3,(H2,15,17). The quantitative estimate of drug-likeness (QED) is 0.924. The number of ether oxygens (including phenoxy) is 1. The summed E-state index contributed by atoms with van der Waals surface area (Å²) >= 11 is 3.57. The van der Waals surface area contributed by atoms with Gasteiger partial charge in [0.2, 0.25) is 5.91 Å². The summed E-state index contributed by atoms with van der Waals surface area (Å²) in [5.41, 5.74) is 7.78. The lowest BCUT2D eigenvalue weighted by atomic mass is 9.97. The molecule has 5 heteroatoms. The van der Waals surface area contributed by atoms with Gasteiger partial charge in [0.05, 0.1) is 13.2 Å². The summed E-state index contributed by atoms with van der Waals surface area (Å²) in [5.74, 6) is 0.585. The summed E-state index contributed by atoms with van der Waals surface area (Å²) in [7, 11) is 1.67. The molecule has 1 aliphatic rings. The fourth-order valence-corrected chi connectivity index (χ4v) is 2.90. The molecule has 0 saturated heterocycles. The largest absolute Gasteiger partial charge is 0.496 e. The fourth-order valence-electron chi connectivity index (χ4n) is 2.33. The third-order valence-electron chi connectivity index (χ3n) is 3.52. The van der Waals surface area contributed by atoms with Gasteiger partial charge in [-0.1, -0.05) is 15.9 Å². The normalized spacial score (nSPS) is 17.1. The molecular weight excluding hydrogens is 296 g/mol. The van der Waals surface area contributed by atoms with Crippen LogP contribution in [0.4, 0.5) is 0 Å². The number of amides is 1. The van der Waals surface area contributed by atoms with Crippen LogP contribution in [-0.4, -0.2) is 30.5 Å². The maximum Gasteiger partial charge on any atom is 0.234 e. The van der Waals surface area contributed by atoms with E-state index in [1.165, 1.54) is 5.56 Å². The Hall–Kier alpha value is -1.07. The van der Waals surface area contributed by atoms with Gasteiger partial charge in [-0.25, -0.2) is 0 Å². The van der Waals surface area contributed by atoms with Crippen molar-refractivity contribution in [2.75, 3.05) is 13.7 Å². The number of benzene rings is 1. The van der Waals surface area contributed by atoms with Crippen LogP contribution in [0.3, 0.4) is 0 Å². The summed E-state index contributed by atoms with van der Waals surface area (Å²) in [6, 6.07) is 3.70. The van der Waals surface area contributed by atoms with Crippen molar-refractivity contribution in [2.24, 2.45) is 5.73 Å². The first-order valence-corrected chi connectivity index (χ1v) is 6.71. The van der Waals surface area contributed by atoms with Crippen molar-refractivity contribution in [1.29, 1.82) is 0 Å². The van der Waals surface area contributed by atoms with Gasteiger partial charge in [0.1, 0.15) is 5.75 Å². The molecule has 0 aromatic heterocycles. The zero-order valence-corrected chi connectivity index (χ0v) is 12.2. The molecule has 0 aliphatic carbocycles. The topological polar surface area (TPSA) is 55.6 Å². The van der Waals surface area contributed by atoms with Crippen LogP contribution in [0.2, 0.25) is 0 Å². The van der Waals surface area contributed by atoms with E-state index in [1.54, 1.807) is 7.11 Å². The number of methoxy groups -OCH3 is 1. The molecule has 0 saturated carbocycles. The average Bonchev–Trinajstić information content (AvgIpc) is 2.38. The van der Waals surface area contributed by atoms with Crippen molar-refractivity contribution in [2.45, 2.75) is 25.9 Å². The minimum atomic E-state index is -0.285. The lowest BCUT2D eigenvalue weighted by molar-refractivity contribution is -0.123. The van der Waals surface area contributed by atoms with Gasteiger partial charge >= 0.3 is 0 Å². The Kier molecular flexibility index (Phi) is 3.92. The van der Waals surface area contributed by atoms with Crippen molar-refractivity contribution < 1.29 is 9.53 Å². The zero-order chi connectivity index (χ0) is 13.3. The molecule has 1 aromatic carbocycles. The average molecular weight is 313 g/mol. The number of carbonyl (C=O) groups is 1. The van der Waals surface area contributed by atoms with Gasteiger partial charge in [-0.2, -0.15) is 0 Å². The van der Waals surface area contributed by atoms with Gasteiger partial charge in [0.25, 0.3) is 0 Å². The maximum absolute atomic E-state index is 11.3. The maximum atomic E-state index is 11.3. The van der Waals surface area contributed by atoms with Crippen LogP contribution in [0, 0.1) is 0 Å². The van der Waals surface area contributed by atoms with Crippen molar-refractivity contribution in [3.05, 3.63) is 27.7 Å². The second-order valence-electron chi connectivity index (χ2n) is 4.51. The molecule has 1 heterocycles. The van der Waals surface area contributed by atoms with E-state index in [1.807, 2.05) is 19.1 Å². The number of hydrogen-bond acceptors (Lipinski definition) is 3. The third-order valence-corrected chi connectivity index (χ3v) is 4.26. The SMILES string of the molecule is COc1ccc(Br)c2c1CN(C(C)C(N)=O)CC2. The number of primary amides is 1. The van der Waals surface area contributed by atoms with Gasteiger partial charge in [-0.05, 0) is 31.0 Å². The summed E-state index contributed by atoms with van der Waals surface area (Å²) in [6.45, 7) is 3.38. The van der Waals surface area contributed by atoms with Crippen LogP contribution in [-0.2, 0) is 17.8 Å². The van der Waals surface area contributed by atoms with Crippen molar-refractivity contribution in [3.8, 4) is 5.75 Å². The monoisotopic (exact) mass is 312 g/mol. The molecule has 1 unspecified atom stereocenters. The van der Waals surface area contributed by atoms with E-state index >= 15 is 0 Å². The van der Waals surface area contributed by atoms with E-state index in [0.29, 0.717) is 6.54 Å². The summed E-state index contributed by atoms with van der Waals surface area (Å²) in [5, 5.41) is 0. The molecule has 1 aliphatic heterocycles. The predicted molar refractivity (Wildman–Crippen MR) is 73.5 cm³/mol. The first kappa shape index (κ1) is 13.4. The number of fused-ring (bicyclic) bond motifs is 1. The number of rotatable bonds is 3. The molecule has 18 heavy (non-hydrogen) atoms. The molecule has 4 nitrogen and oxygen atoms in total. The van der Waals surface area contributed by atoms with Crippen molar-refractivity contribution >= 4 is 21.8 Å². The summed E-state index contributed by atoms with van der Waals surface area (Å²) in [4.78, 5) is 13.4. The highest BCUT2D eigenvalue weighted by Crippen LogP contribution is 2.33. The van der Waals surface area contributed by atoms with Crippen LogP contribution in [0.5, 0.6) is 5.75 Å². The Balaban J connectivity index is 2.33. The number of hydrogen-bond donors (Lipinski definition) is 1. The first-order chi connectivity index (χ1) is 8.54. The smallest absolute Gasteiger partial charge is 0.234 e. The van der Waals surface area contributed by atoms with Gasteiger partial charge in [-0.15, -0.1) is 0 Å². The Labute approximate surface area is 115 Å². The van der Waals surface area contributed by atoms with E-state index in [0.717, 1.165) is 28.8 Å². The molecule has 2 N–H and O–H groups in total. The van der Waals surface area contributed by atoms with Crippen molar-refractivity contribution in [1.82, 2.24) is 4.90 Å². The van der Waals surface area contributed by atoms with E-state index in [4.69, 9.17) is 10.5 Å².